The molecule has 0 spiro atoms. The predicted octanol–water partition coefficient (Wildman–Crippen LogP) is 7.37. The topological polar surface area (TPSA) is 9.23 Å². The summed E-state index contributed by atoms with van der Waals surface area (Å²) in [6, 6.07) is 0. The van der Waals surface area contributed by atoms with Crippen molar-refractivity contribution in [2.75, 3.05) is 6.61 Å². The second-order valence-corrected chi connectivity index (χ2v) is 7.01. The van der Waals surface area contributed by atoms with Gasteiger partial charge in [-0.3, -0.25) is 0 Å². The van der Waals surface area contributed by atoms with E-state index in [2.05, 4.69) is 31.2 Å². The standard InChI is InChI=1S/C22H40O/c1-2-3-4-5-6-7-8-9-10-11-12-13-14-15-16-17-21-23-22-19-18-20-22/h6-7,9-10,22H,2-5,8,11-21H2,1H3/b7-6-,10-9-. The monoisotopic (exact) mass is 320 g/mol. The molecule has 1 nitrogen and oxygen atoms in total. The highest BCUT2D eigenvalue weighted by Crippen LogP contribution is 2.22. The lowest BCUT2D eigenvalue weighted by molar-refractivity contribution is 0.000616. The molecule has 0 radical (unpaired) electrons. The first-order valence-electron chi connectivity index (χ1n) is 10.3. The molecule has 1 rings (SSSR count). The minimum Gasteiger partial charge on any atom is -0.378 e. The van der Waals surface area contributed by atoms with Gasteiger partial charge in [0.15, 0.2) is 0 Å². The van der Waals surface area contributed by atoms with E-state index in [9.17, 15) is 0 Å². The molecule has 1 fully saturated rings. The minimum atomic E-state index is 0.618. The van der Waals surface area contributed by atoms with Crippen LogP contribution in [0.5, 0.6) is 0 Å². The summed E-state index contributed by atoms with van der Waals surface area (Å²) in [5.74, 6) is 0. The lowest BCUT2D eigenvalue weighted by atomic mass is 9.96. The molecular weight excluding hydrogens is 280 g/mol. The van der Waals surface area contributed by atoms with E-state index < -0.39 is 0 Å². The van der Waals surface area contributed by atoms with Gasteiger partial charge in [0.2, 0.25) is 0 Å². The van der Waals surface area contributed by atoms with E-state index in [-0.39, 0.29) is 0 Å². The van der Waals surface area contributed by atoms with E-state index in [1.54, 1.807) is 0 Å². The van der Waals surface area contributed by atoms with Crippen LogP contribution in [-0.2, 0) is 4.74 Å². The molecule has 1 saturated carbocycles. The number of unbranched alkanes of at least 4 members (excludes halogenated alkanes) is 9. The van der Waals surface area contributed by atoms with Crippen LogP contribution in [-0.4, -0.2) is 12.7 Å². The average Bonchev–Trinajstić information content (AvgIpc) is 2.52. The Kier molecular flexibility index (Phi) is 14.5. The highest BCUT2D eigenvalue weighted by atomic mass is 16.5. The van der Waals surface area contributed by atoms with Crippen molar-refractivity contribution in [2.24, 2.45) is 0 Å². The van der Waals surface area contributed by atoms with E-state index in [1.165, 1.54) is 89.9 Å². The van der Waals surface area contributed by atoms with Gasteiger partial charge in [0.05, 0.1) is 6.10 Å². The number of hydrogen-bond donors (Lipinski definition) is 0. The summed E-state index contributed by atoms with van der Waals surface area (Å²) >= 11 is 0. The molecular formula is C22H40O. The highest BCUT2D eigenvalue weighted by Gasteiger charge is 2.16. The van der Waals surface area contributed by atoms with Gasteiger partial charge in [0, 0.05) is 6.61 Å². The van der Waals surface area contributed by atoms with Crippen molar-refractivity contribution in [2.45, 2.75) is 109 Å². The van der Waals surface area contributed by atoms with Gasteiger partial charge in [-0.1, -0.05) is 69.8 Å². The van der Waals surface area contributed by atoms with E-state index in [0.717, 1.165) is 13.0 Å². The third kappa shape index (κ3) is 13.6. The fourth-order valence-electron chi connectivity index (χ4n) is 2.88. The SMILES string of the molecule is CCCCC/C=C\C/C=C\CCCCCCCCOC1CCC1. The lowest BCUT2D eigenvalue weighted by Gasteiger charge is -2.25. The summed E-state index contributed by atoms with van der Waals surface area (Å²) in [5, 5.41) is 0. The molecule has 0 amide bonds. The Morgan fingerprint density at radius 2 is 1.35 bits per heavy atom. The van der Waals surface area contributed by atoms with E-state index in [4.69, 9.17) is 4.74 Å². The lowest BCUT2D eigenvalue weighted by Crippen LogP contribution is -2.21. The van der Waals surface area contributed by atoms with Gasteiger partial charge in [0.1, 0.15) is 0 Å². The van der Waals surface area contributed by atoms with Crippen molar-refractivity contribution in [3.63, 3.8) is 0 Å². The Morgan fingerprint density at radius 3 is 1.96 bits per heavy atom. The molecule has 1 heteroatoms. The zero-order valence-electron chi connectivity index (χ0n) is 15.6. The van der Waals surface area contributed by atoms with Crippen LogP contribution in [0, 0.1) is 0 Å². The molecule has 0 aromatic heterocycles. The van der Waals surface area contributed by atoms with Gasteiger partial charge in [-0.25, -0.2) is 0 Å². The minimum absolute atomic E-state index is 0.618. The Hall–Kier alpha value is -0.560. The number of rotatable bonds is 16. The molecule has 0 aromatic carbocycles. The van der Waals surface area contributed by atoms with Gasteiger partial charge in [0.25, 0.3) is 0 Å². The molecule has 0 N–H and O–H groups in total. The number of hydrogen-bond acceptors (Lipinski definition) is 1. The molecule has 0 saturated heterocycles. The summed E-state index contributed by atoms with van der Waals surface area (Å²) < 4.78 is 5.78. The summed E-state index contributed by atoms with van der Waals surface area (Å²) in [5.41, 5.74) is 0. The maximum atomic E-state index is 5.78. The summed E-state index contributed by atoms with van der Waals surface area (Å²) in [4.78, 5) is 0. The molecule has 0 heterocycles. The van der Waals surface area contributed by atoms with Crippen LogP contribution in [0.4, 0.5) is 0 Å². The van der Waals surface area contributed by atoms with Crippen LogP contribution >= 0.6 is 0 Å². The average molecular weight is 321 g/mol. The number of ether oxygens (including phenoxy) is 1. The van der Waals surface area contributed by atoms with Crippen LogP contribution < -0.4 is 0 Å². The van der Waals surface area contributed by atoms with Crippen LogP contribution in [0.15, 0.2) is 24.3 Å². The first-order chi connectivity index (χ1) is 11.4. The fourth-order valence-corrected chi connectivity index (χ4v) is 2.88. The molecule has 23 heavy (non-hydrogen) atoms. The Labute approximate surface area is 145 Å². The van der Waals surface area contributed by atoms with Crippen LogP contribution in [0.3, 0.4) is 0 Å². The van der Waals surface area contributed by atoms with Gasteiger partial charge < -0.3 is 4.74 Å². The summed E-state index contributed by atoms with van der Waals surface area (Å²) in [7, 11) is 0. The first kappa shape index (κ1) is 20.5. The van der Waals surface area contributed by atoms with Gasteiger partial charge in [-0.2, -0.15) is 0 Å². The van der Waals surface area contributed by atoms with Crippen LogP contribution in [0.1, 0.15) is 103 Å². The second kappa shape index (κ2) is 16.3. The van der Waals surface area contributed by atoms with E-state index in [0.29, 0.717) is 6.10 Å². The molecule has 0 atom stereocenters. The van der Waals surface area contributed by atoms with Crippen molar-refractivity contribution in [3.8, 4) is 0 Å². The molecule has 0 bridgehead atoms. The maximum Gasteiger partial charge on any atom is 0.0575 e. The smallest absolute Gasteiger partial charge is 0.0575 e. The van der Waals surface area contributed by atoms with Crippen molar-refractivity contribution < 1.29 is 4.74 Å². The van der Waals surface area contributed by atoms with Gasteiger partial charge in [-0.05, 0) is 57.8 Å². The molecule has 1 aliphatic rings. The Morgan fingerprint density at radius 1 is 0.739 bits per heavy atom. The summed E-state index contributed by atoms with van der Waals surface area (Å²) in [6.07, 6.45) is 29.8. The van der Waals surface area contributed by atoms with Gasteiger partial charge in [-0.15, -0.1) is 0 Å². The van der Waals surface area contributed by atoms with E-state index in [1.807, 2.05) is 0 Å². The van der Waals surface area contributed by atoms with Crippen molar-refractivity contribution in [1.29, 1.82) is 0 Å². The molecule has 0 aromatic rings. The predicted molar refractivity (Wildman–Crippen MR) is 103 cm³/mol. The third-order valence-corrected chi connectivity index (χ3v) is 4.75. The van der Waals surface area contributed by atoms with Crippen LogP contribution in [0.2, 0.25) is 0 Å². The molecule has 1 aliphatic carbocycles. The molecule has 134 valence electrons. The number of allylic oxidation sites excluding steroid dienone is 4. The van der Waals surface area contributed by atoms with E-state index >= 15 is 0 Å². The first-order valence-corrected chi connectivity index (χ1v) is 10.3. The zero-order valence-corrected chi connectivity index (χ0v) is 15.6. The highest BCUT2D eigenvalue weighted by molar-refractivity contribution is 4.92. The maximum absolute atomic E-state index is 5.78. The molecule has 0 unspecified atom stereocenters. The fraction of sp³-hybridized carbons (Fsp3) is 0.818. The van der Waals surface area contributed by atoms with Crippen molar-refractivity contribution in [3.05, 3.63) is 24.3 Å². The van der Waals surface area contributed by atoms with Crippen molar-refractivity contribution >= 4 is 0 Å². The molecule has 0 aliphatic heterocycles. The quantitative estimate of drug-likeness (QED) is 0.213. The van der Waals surface area contributed by atoms with Crippen molar-refractivity contribution in [1.82, 2.24) is 0 Å². The third-order valence-electron chi connectivity index (χ3n) is 4.75. The normalized spacial score (nSPS) is 15.7. The summed E-state index contributed by atoms with van der Waals surface area (Å²) in [6.45, 7) is 3.26. The second-order valence-electron chi connectivity index (χ2n) is 7.01. The Bertz CT molecular complexity index is 288. The largest absolute Gasteiger partial charge is 0.378 e. The Balaban J connectivity index is 1.71. The van der Waals surface area contributed by atoms with Crippen LogP contribution in [0.25, 0.3) is 0 Å². The zero-order chi connectivity index (χ0) is 16.4. The van der Waals surface area contributed by atoms with Gasteiger partial charge >= 0.3 is 0 Å².